The molecule has 10 heavy (non-hydrogen) atoms. The molecule has 0 aromatic carbocycles. The standard InChI is InChI=1S/C7H13F3/c1-6(2,3)5(8)7(4,9)10/h5H,1-4H3. The molecule has 3 heteroatoms. The summed E-state index contributed by atoms with van der Waals surface area (Å²) in [6.45, 7) is 4.96. The first kappa shape index (κ1) is 9.79. The van der Waals surface area contributed by atoms with Crippen LogP contribution in [0.25, 0.3) is 0 Å². The van der Waals surface area contributed by atoms with Crippen LogP contribution >= 0.6 is 0 Å². The van der Waals surface area contributed by atoms with E-state index < -0.39 is 17.5 Å². The highest BCUT2D eigenvalue weighted by atomic mass is 19.3. The summed E-state index contributed by atoms with van der Waals surface area (Å²) in [5.41, 5.74) is -0.974. The van der Waals surface area contributed by atoms with Crippen LogP contribution in [0.2, 0.25) is 0 Å². The average molecular weight is 154 g/mol. The lowest BCUT2D eigenvalue weighted by atomic mass is 9.87. The minimum atomic E-state index is -3.22. The van der Waals surface area contributed by atoms with Crippen molar-refractivity contribution in [1.29, 1.82) is 0 Å². The molecule has 0 aliphatic rings. The second-order valence-corrected chi connectivity index (χ2v) is 3.68. The van der Waals surface area contributed by atoms with E-state index in [4.69, 9.17) is 0 Å². The summed E-state index contributed by atoms with van der Waals surface area (Å²) in [4.78, 5) is 0. The summed E-state index contributed by atoms with van der Waals surface area (Å²) >= 11 is 0. The molecule has 0 aromatic heterocycles. The molecule has 0 saturated carbocycles. The second-order valence-electron chi connectivity index (χ2n) is 3.68. The quantitative estimate of drug-likeness (QED) is 0.544. The van der Waals surface area contributed by atoms with Gasteiger partial charge in [0.05, 0.1) is 0 Å². The maximum atomic E-state index is 12.7. The number of halogens is 3. The SMILES string of the molecule is CC(C)(C)C(F)C(C)(F)F. The van der Waals surface area contributed by atoms with Gasteiger partial charge < -0.3 is 0 Å². The molecule has 0 nitrogen and oxygen atoms in total. The van der Waals surface area contributed by atoms with Gasteiger partial charge in [0.2, 0.25) is 0 Å². The highest BCUT2D eigenvalue weighted by Crippen LogP contribution is 2.34. The van der Waals surface area contributed by atoms with Gasteiger partial charge in [0.15, 0.2) is 6.17 Å². The summed E-state index contributed by atoms with van der Waals surface area (Å²) in [5.74, 6) is -3.22. The van der Waals surface area contributed by atoms with Gasteiger partial charge in [0.1, 0.15) is 0 Å². The fraction of sp³-hybridized carbons (Fsp3) is 1.00. The van der Waals surface area contributed by atoms with Crippen LogP contribution in [0.5, 0.6) is 0 Å². The topological polar surface area (TPSA) is 0 Å². The zero-order valence-corrected chi connectivity index (χ0v) is 6.71. The fourth-order valence-electron chi connectivity index (χ4n) is 0.760. The molecule has 0 N–H and O–H groups in total. The maximum absolute atomic E-state index is 12.7. The van der Waals surface area contributed by atoms with Gasteiger partial charge in [-0.2, -0.15) is 0 Å². The summed E-state index contributed by atoms with van der Waals surface area (Å²) in [5, 5.41) is 0. The zero-order chi connectivity index (χ0) is 8.58. The van der Waals surface area contributed by atoms with Crippen LogP contribution in [0, 0.1) is 5.41 Å². The number of rotatable bonds is 1. The van der Waals surface area contributed by atoms with Crippen molar-refractivity contribution in [3.05, 3.63) is 0 Å². The van der Waals surface area contributed by atoms with E-state index in [2.05, 4.69) is 0 Å². The van der Waals surface area contributed by atoms with E-state index in [0.717, 1.165) is 0 Å². The molecule has 1 unspecified atom stereocenters. The summed E-state index contributed by atoms with van der Waals surface area (Å²) < 4.78 is 37.1. The lowest BCUT2D eigenvalue weighted by Gasteiger charge is -2.27. The predicted octanol–water partition coefficient (Wildman–Crippen LogP) is 3.03. The Bertz CT molecular complexity index is 93.0. The molecule has 0 spiro atoms. The Morgan fingerprint density at radius 1 is 1.00 bits per heavy atom. The van der Waals surface area contributed by atoms with Crippen molar-refractivity contribution in [1.82, 2.24) is 0 Å². The monoisotopic (exact) mass is 154 g/mol. The molecular weight excluding hydrogens is 141 g/mol. The van der Waals surface area contributed by atoms with Crippen molar-refractivity contribution in [2.45, 2.75) is 39.8 Å². The summed E-state index contributed by atoms with van der Waals surface area (Å²) in [7, 11) is 0. The van der Waals surface area contributed by atoms with Gasteiger partial charge in [-0.05, 0) is 5.41 Å². The Labute approximate surface area is 59.4 Å². The lowest BCUT2D eigenvalue weighted by molar-refractivity contribution is -0.0963. The lowest BCUT2D eigenvalue weighted by Crippen LogP contribution is -2.37. The first-order valence-electron chi connectivity index (χ1n) is 3.17. The second kappa shape index (κ2) is 2.44. The van der Waals surface area contributed by atoms with Crippen molar-refractivity contribution in [2.75, 3.05) is 0 Å². The van der Waals surface area contributed by atoms with Gasteiger partial charge in [0, 0.05) is 6.92 Å². The Balaban J connectivity index is 4.23. The zero-order valence-electron chi connectivity index (χ0n) is 6.71. The van der Waals surface area contributed by atoms with Crippen molar-refractivity contribution in [3.8, 4) is 0 Å². The summed E-state index contributed by atoms with van der Waals surface area (Å²) in [6.07, 6.45) is -2.07. The first-order chi connectivity index (χ1) is 4.15. The number of hydrogen-bond acceptors (Lipinski definition) is 0. The summed E-state index contributed by atoms with van der Waals surface area (Å²) in [6, 6.07) is 0. The maximum Gasteiger partial charge on any atom is 0.276 e. The molecule has 0 aromatic rings. The van der Waals surface area contributed by atoms with Crippen molar-refractivity contribution < 1.29 is 13.2 Å². The highest BCUT2D eigenvalue weighted by molar-refractivity contribution is 4.82. The van der Waals surface area contributed by atoms with Gasteiger partial charge in [0.25, 0.3) is 5.92 Å². The van der Waals surface area contributed by atoms with Gasteiger partial charge in [-0.25, -0.2) is 13.2 Å². The average Bonchev–Trinajstić information content (AvgIpc) is 1.59. The largest absolute Gasteiger partial charge is 0.276 e. The molecule has 0 radical (unpaired) electrons. The molecule has 62 valence electrons. The van der Waals surface area contributed by atoms with Crippen molar-refractivity contribution in [3.63, 3.8) is 0 Å². The van der Waals surface area contributed by atoms with E-state index >= 15 is 0 Å². The molecule has 0 rings (SSSR count). The third-order valence-electron chi connectivity index (χ3n) is 1.21. The van der Waals surface area contributed by atoms with E-state index in [1.807, 2.05) is 0 Å². The van der Waals surface area contributed by atoms with Crippen LogP contribution < -0.4 is 0 Å². The molecule has 0 aliphatic heterocycles. The van der Waals surface area contributed by atoms with Crippen LogP contribution in [0.3, 0.4) is 0 Å². The molecule has 0 bridgehead atoms. The van der Waals surface area contributed by atoms with E-state index in [1.165, 1.54) is 20.8 Å². The molecule has 0 saturated heterocycles. The number of hydrogen-bond donors (Lipinski definition) is 0. The minimum Gasteiger partial charge on any atom is -0.240 e. The Morgan fingerprint density at radius 2 is 1.30 bits per heavy atom. The smallest absolute Gasteiger partial charge is 0.240 e. The molecular formula is C7H13F3. The molecule has 1 atom stereocenters. The Morgan fingerprint density at radius 3 is 1.30 bits per heavy atom. The van der Waals surface area contributed by atoms with Crippen LogP contribution in [-0.2, 0) is 0 Å². The highest BCUT2D eigenvalue weighted by Gasteiger charge is 2.42. The minimum absolute atomic E-state index is 0.600. The van der Waals surface area contributed by atoms with E-state index in [9.17, 15) is 13.2 Å². The van der Waals surface area contributed by atoms with Crippen LogP contribution in [-0.4, -0.2) is 12.1 Å². The van der Waals surface area contributed by atoms with Gasteiger partial charge in [-0.15, -0.1) is 0 Å². The van der Waals surface area contributed by atoms with E-state index in [-0.39, 0.29) is 0 Å². The van der Waals surface area contributed by atoms with Crippen LogP contribution in [0.15, 0.2) is 0 Å². The normalized spacial score (nSPS) is 17.1. The van der Waals surface area contributed by atoms with Crippen LogP contribution in [0.1, 0.15) is 27.7 Å². The molecule has 0 amide bonds. The van der Waals surface area contributed by atoms with Crippen molar-refractivity contribution >= 4 is 0 Å². The Kier molecular flexibility index (Phi) is 2.39. The predicted molar refractivity (Wildman–Crippen MR) is 35.0 cm³/mol. The number of alkyl halides is 3. The van der Waals surface area contributed by atoms with Gasteiger partial charge >= 0.3 is 0 Å². The van der Waals surface area contributed by atoms with Crippen LogP contribution in [0.4, 0.5) is 13.2 Å². The molecule has 0 aliphatic carbocycles. The van der Waals surface area contributed by atoms with Gasteiger partial charge in [-0.1, -0.05) is 20.8 Å². The third kappa shape index (κ3) is 2.58. The van der Waals surface area contributed by atoms with E-state index in [1.54, 1.807) is 0 Å². The van der Waals surface area contributed by atoms with E-state index in [0.29, 0.717) is 6.92 Å². The molecule has 0 heterocycles. The first-order valence-corrected chi connectivity index (χ1v) is 3.17. The fourth-order valence-corrected chi connectivity index (χ4v) is 0.760. The third-order valence-corrected chi connectivity index (χ3v) is 1.21. The van der Waals surface area contributed by atoms with Crippen molar-refractivity contribution in [2.24, 2.45) is 5.41 Å². The Hall–Kier alpha value is -0.210. The molecule has 0 fully saturated rings. The van der Waals surface area contributed by atoms with Gasteiger partial charge in [-0.3, -0.25) is 0 Å².